The van der Waals surface area contributed by atoms with Gasteiger partial charge in [-0.2, -0.15) is 23.5 Å². The highest BCUT2D eigenvalue weighted by Crippen LogP contribution is 2.29. The minimum absolute atomic E-state index is 0.178. The molecule has 2 radical (unpaired) electrons. The lowest BCUT2D eigenvalue weighted by molar-refractivity contribution is -0.143. The molecule has 0 saturated carbocycles. The van der Waals surface area contributed by atoms with E-state index in [0.717, 1.165) is 30.1 Å². The Morgan fingerprint density at radius 1 is 1.03 bits per heavy atom. The lowest BCUT2D eigenvalue weighted by Crippen LogP contribution is -2.33. The smallest absolute Gasteiger partial charge is 0.307 e. The number of carbonyl (C=O) groups excluding carboxylic acids is 1. The highest BCUT2D eigenvalue weighted by Gasteiger charge is 2.25. The number of ether oxygens (including phenoxy) is 1. The van der Waals surface area contributed by atoms with Crippen LogP contribution in [-0.4, -0.2) is 42.5 Å². The average molecular weight is 428 g/mol. The minimum atomic E-state index is -1.52. The molecule has 2 aromatic rings. The summed E-state index contributed by atoms with van der Waals surface area (Å²) in [4.78, 5) is 11.5. The number of hydrogen-bond acceptors (Lipinski definition) is 5. The third kappa shape index (κ3) is 10.3. The Hall–Kier alpha value is -1.37. The van der Waals surface area contributed by atoms with Crippen molar-refractivity contribution in [3.63, 3.8) is 0 Å². The van der Waals surface area contributed by atoms with Crippen LogP contribution >= 0.6 is 23.5 Å². The Bertz CT molecular complexity index is 711. The van der Waals surface area contributed by atoms with E-state index in [2.05, 4.69) is 53.3 Å². The van der Waals surface area contributed by atoms with E-state index < -0.39 is 11.5 Å². The molecule has 29 heavy (non-hydrogen) atoms. The van der Waals surface area contributed by atoms with Gasteiger partial charge >= 0.3 is 5.97 Å². The van der Waals surface area contributed by atoms with Gasteiger partial charge in [-0.3, -0.25) is 4.79 Å². The molecule has 0 heterocycles. The van der Waals surface area contributed by atoms with E-state index >= 15 is 0 Å². The molecule has 2 aromatic carbocycles. The van der Waals surface area contributed by atoms with Gasteiger partial charge in [-0.1, -0.05) is 60.7 Å². The van der Waals surface area contributed by atoms with Crippen LogP contribution in [0.3, 0.4) is 0 Å². The highest BCUT2D eigenvalue weighted by atomic mass is 32.2. The molecular formula is C23H29BO3S2. The number of esters is 1. The first-order valence-corrected chi connectivity index (χ1v) is 12.0. The van der Waals surface area contributed by atoms with E-state index in [4.69, 9.17) is 7.85 Å². The minimum Gasteiger partial charge on any atom is -0.469 e. The Balaban J connectivity index is 1.83. The zero-order chi connectivity index (χ0) is 21.0. The fraction of sp³-hybridized carbons (Fsp3) is 0.435. The van der Waals surface area contributed by atoms with Gasteiger partial charge in [0, 0.05) is 22.3 Å². The number of benzene rings is 2. The monoisotopic (exact) mass is 428 g/mol. The molecule has 0 bridgehead atoms. The molecule has 6 heteroatoms. The van der Waals surface area contributed by atoms with Gasteiger partial charge in [0.05, 0.1) is 13.5 Å². The fourth-order valence-corrected chi connectivity index (χ4v) is 5.26. The number of hydrogen-bond donors (Lipinski definition) is 1. The lowest BCUT2D eigenvalue weighted by Gasteiger charge is -2.25. The zero-order valence-corrected chi connectivity index (χ0v) is 18.6. The molecule has 0 fully saturated rings. The second kappa shape index (κ2) is 13.0. The molecule has 2 unspecified atom stereocenters. The summed E-state index contributed by atoms with van der Waals surface area (Å²) in [7, 11) is 7.23. The van der Waals surface area contributed by atoms with E-state index in [0.29, 0.717) is 11.7 Å². The Morgan fingerprint density at radius 3 is 2.21 bits per heavy atom. The predicted molar refractivity (Wildman–Crippen MR) is 125 cm³/mol. The summed E-state index contributed by atoms with van der Waals surface area (Å²) in [6.07, 6.45) is 1.98. The molecule has 2 rings (SSSR count). The first kappa shape index (κ1) is 23.9. The highest BCUT2D eigenvalue weighted by molar-refractivity contribution is 7.99. The van der Waals surface area contributed by atoms with Crippen molar-refractivity contribution in [2.75, 3.05) is 12.9 Å². The molecule has 0 aliphatic heterocycles. The summed E-state index contributed by atoms with van der Waals surface area (Å²) < 4.78 is 4.63. The van der Waals surface area contributed by atoms with E-state index in [9.17, 15) is 9.90 Å². The standard InChI is InChI=1S/C23H29BO3S2/c1-27-22(25)16-23(24,26)14-12-21(29-18-20-10-6-3-7-11-20)13-15-28-17-19-8-4-2-5-9-19/h2-11,21,26H,12-18H2,1H3. The summed E-state index contributed by atoms with van der Waals surface area (Å²) >= 11 is 3.81. The molecule has 2 atom stereocenters. The van der Waals surface area contributed by atoms with Gasteiger partial charge in [0.25, 0.3) is 0 Å². The molecule has 0 aliphatic carbocycles. The van der Waals surface area contributed by atoms with E-state index in [1.807, 2.05) is 35.7 Å². The lowest BCUT2D eigenvalue weighted by atomic mass is 9.75. The molecular weight excluding hydrogens is 399 g/mol. The Morgan fingerprint density at radius 2 is 1.62 bits per heavy atom. The van der Waals surface area contributed by atoms with Gasteiger partial charge in [-0.15, -0.1) is 0 Å². The van der Waals surface area contributed by atoms with Gasteiger partial charge < -0.3 is 9.84 Å². The molecule has 0 spiro atoms. The molecule has 0 saturated heterocycles. The third-order valence-corrected chi connectivity index (χ3v) is 7.11. The predicted octanol–water partition coefficient (Wildman–Crippen LogP) is 4.81. The maximum absolute atomic E-state index is 11.5. The normalized spacial score (nSPS) is 14.1. The number of thioether (sulfide) groups is 2. The maximum Gasteiger partial charge on any atom is 0.307 e. The van der Waals surface area contributed by atoms with Crippen LogP contribution in [-0.2, 0) is 21.0 Å². The summed E-state index contributed by atoms with van der Waals surface area (Å²) in [5.41, 5.74) is 1.10. The summed E-state index contributed by atoms with van der Waals surface area (Å²) in [6, 6.07) is 20.8. The first-order valence-electron chi connectivity index (χ1n) is 9.84. The van der Waals surface area contributed by atoms with E-state index in [1.54, 1.807) is 0 Å². The third-order valence-electron chi connectivity index (χ3n) is 4.60. The largest absolute Gasteiger partial charge is 0.469 e. The summed E-state index contributed by atoms with van der Waals surface area (Å²) in [5, 5.41) is 10.7. The van der Waals surface area contributed by atoms with Gasteiger partial charge in [0.15, 0.2) is 0 Å². The van der Waals surface area contributed by atoms with Crippen LogP contribution < -0.4 is 0 Å². The number of rotatable bonds is 13. The zero-order valence-electron chi connectivity index (χ0n) is 17.0. The van der Waals surface area contributed by atoms with Crippen molar-refractivity contribution < 1.29 is 14.6 Å². The Labute approximate surface area is 184 Å². The van der Waals surface area contributed by atoms with E-state index in [-0.39, 0.29) is 6.42 Å². The van der Waals surface area contributed by atoms with Crippen LogP contribution in [0.5, 0.6) is 0 Å². The fourth-order valence-electron chi connectivity index (χ4n) is 2.90. The van der Waals surface area contributed by atoms with Crippen molar-refractivity contribution in [3.8, 4) is 0 Å². The SMILES string of the molecule is [B]C(O)(CCC(CCSCc1ccccc1)SCc1ccccc1)CC(=O)OC. The number of methoxy groups -OCH3 is 1. The Kier molecular flexibility index (Phi) is 10.8. The second-order valence-electron chi connectivity index (χ2n) is 7.14. The van der Waals surface area contributed by atoms with E-state index in [1.165, 1.54) is 18.2 Å². The topological polar surface area (TPSA) is 46.5 Å². The molecule has 0 aromatic heterocycles. The van der Waals surface area contributed by atoms with Crippen molar-refractivity contribution in [2.24, 2.45) is 0 Å². The first-order chi connectivity index (χ1) is 14.0. The van der Waals surface area contributed by atoms with Crippen LogP contribution in [0.25, 0.3) is 0 Å². The van der Waals surface area contributed by atoms with Crippen LogP contribution in [0, 0.1) is 0 Å². The van der Waals surface area contributed by atoms with Crippen LogP contribution in [0.4, 0.5) is 0 Å². The molecule has 154 valence electrons. The van der Waals surface area contributed by atoms with Crippen molar-refractivity contribution >= 4 is 37.3 Å². The van der Waals surface area contributed by atoms with Crippen LogP contribution in [0.1, 0.15) is 36.8 Å². The van der Waals surface area contributed by atoms with Gasteiger partial charge in [0.1, 0.15) is 7.85 Å². The van der Waals surface area contributed by atoms with Crippen molar-refractivity contribution in [3.05, 3.63) is 71.8 Å². The van der Waals surface area contributed by atoms with Crippen LogP contribution in [0.15, 0.2) is 60.7 Å². The second-order valence-corrected chi connectivity index (χ2v) is 9.53. The van der Waals surface area contributed by atoms with Crippen molar-refractivity contribution in [1.82, 2.24) is 0 Å². The van der Waals surface area contributed by atoms with Crippen LogP contribution in [0.2, 0.25) is 0 Å². The molecule has 0 amide bonds. The molecule has 3 nitrogen and oxygen atoms in total. The van der Waals surface area contributed by atoms with Gasteiger partial charge in [0.2, 0.25) is 0 Å². The molecule has 1 N–H and O–H groups in total. The number of carbonyl (C=O) groups is 1. The summed E-state index contributed by atoms with van der Waals surface area (Å²) in [6.45, 7) is 0. The number of aliphatic hydroxyl groups is 1. The quantitative estimate of drug-likeness (QED) is 0.282. The van der Waals surface area contributed by atoms with Crippen molar-refractivity contribution in [2.45, 2.75) is 47.9 Å². The summed E-state index contributed by atoms with van der Waals surface area (Å²) in [5.74, 6) is 2.48. The van der Waals surface area contributed by atoms with Gasteiger partial charge in [-0.25, -0.2) is 0 Å². The molecule has 0 aliphatic rings. The average Bonchev–Trinajstić information content (AvgIpc) is 2.73. The van der Waals surface area contributed by atoms with Gasteiger partial charge in [-0.05, 0) is 36.1 Å². The van der Waals surface area contributed by atoms with Crippen molar-refractivity contribution in [1.29, 1.82) is 0 Å². The maximum atomic E-state index is 11.5.